The summed E-state index contributed by atoms with van der Waals surface area (Å²) in [6.07, 6.45) is -0.186. The van der Waals surface area contributed by atoms with Crippen LogP contribution < -0.4 is 4.74 Å². The zero-order valence-corrected chi connectivity index (χ0v) is 14.0. The lowest BCUT2D eigenvalue weighted by atomic mass is 10.0. The Hall–Kier alpha value is -1.99. The van der Waals surface area contributed by atoms with Crippen LogP contribution in [0.1, 0.15) is 24.3 Å². The molecular weight excluding hydrogens is 314 g/mol. The summed E-state index contributed by atoms with van der Waals surface area (Å²) in [5.74, 6) is 0.681. The number of carbonyl (C=O) groups is 1. The predicted molar refractivity (Wildman–Crippen MR) is 86.7 cm³/mol. The van der Waals surface area contributed by atoms with Crippen LogP contribution in [0.2, 0.25) is 0 Å². The monoisotopic (exact) mass is 333 g/mol. The van der Waals surface area contributed by atoms with Crippen LogP contribution in [0.15, 0.2) is 35.7 Å². The van der Waals surface area contributed by atoms with Crippen molar-refractivity contribution in [1.29, 1.82) is 0 Å². The summed E-state index contributed by atoms with van der Waals surface area (Å²) in [5.41, 5.74) is -0.0438. The van der Waals surface area contributed by atoms with Crippen molar-refractivity contribution in [3.8, 4) is 5.75 Å². The van der Waals surface area contributed by atoms with E-state index in [1.807, 2.05) is 44.2 Å². The summed E-state index contributed by atoms with van der Waals surface area (Å²) >= 11 is 1.18. The molecule has 0 N–H and O–H groups in total. The molecule has 23 heavy (non-hydrogen) atoms. The molecule has 1 atom stereocenters. The molecule has 1 saturated heterocycles. The van der Waals surface area contributed by atoms with Gasteiger partial charge in [-0.2, -0.15) is 0 Å². The molecule has 0 radical (unpaired) electrons. The second kappa shape index (κ2) is 6.64. The van der Waals surface area contributed by atoms with Crippen LogP contribution in [-0.4, -0.2) is 51.8 Å². The highest BCUT2D eigenvalue weighted by atomic mass is 32.1. The minimum atomic E-state index is -0.428. The van der Waals surface area contributed by atoms with Crippen molar-refractivity contribution in [2.24, 2.45) is 0 Å². The number of rotatable bonds is 4. The SMILES string of the molecule is CC1(C)CN(C(=O)c2csnn2)CC(COc2ccccc2)O1. The van der Waals surface area contributed by atoms with Crippen molar-refractivity contribution in [2.45, 2.75) is 25.6 Å². The van der Waals surface area contributed by atoms with Crippen LogP contribution in [0, 0.1) is 0 Å². The van der Waals surface area contributed by atoms with Gasteiger partial charge < -0.3 is 14.4 Å². The maximum absolute atomic E-state index is 12.5. The van der Waals surface area contributed by atoms with Crippen molar-refractivity contribution in [1.82, 2.24) is 14.5 Å². The first-order valence-electron chi connectivity index (χ1n) is 7.45. The molecule has 0 spiro atoms. The van der Waals surface area contributed by atoms with E-state index in [0.717, 1.165) is 5.75 Å². The van der Waals surface area contributed by atoms with Crippen molar-refractivity contribution in [3.63, 3.8) is 0 Å². The molecule has 1 aliphatic heterocycles. The Morgan fingerprint density at radius 3 is 2.91 bits per heavy atom. The van der Waals surface area contributed by atoms with E-state index >= 15 is 0 Å². The molecule has 7 heteroatoms. The normalized spacial score (nSPS) is 20.3. The molecule has 1 fully saturated rings. The van der Waals surface area contributed by atoms with Gasteiger partial charge in [0, 0.05) is 11.9 Å². The highest BCUT2D eigenvalue weighted by molar-refractivity contribution is 7.03. The number of hydrogen-bond acceptors (Lipinski definition) is 6. The second-order valence-electron chi connectivity index (χ2n) is 6.10. The second-order valence-corrected chi connectivity index (χ2v) is 6.71. The average molecular weight is 333 g/mol. The number of hydrogen-bond donors (Lipinski definition) is 0. The Morgan fingerprint density at radius 1 is 1.43 bits per heavy atom. The molecule has 0 saturated carbocycles. The lowest BCUT2D eigenvalue weighted by molar-refractivity contribution is -0.136. The van der Waals surface area contributed by atoms with Gasteiger partial charge in [-0.1, -0.05) is 22.7 Å². The van der Waals surface area contributed by atoms with E-state index in [1.165, 1.54) is 11.5 Å². The molecule has 3 rings (SSSR count). The number of carbonyl (C=O) groups excluding carboxylic acids is 1. The van der Waals surface area contributed by atoms with Crippen molar-refractivity contribution < 1.29 is 14.3 Å². The highest BCUT2D eigenvalue weighted by Gasteiger charge is 2.36. The first kappa shape index (κ1) is 15.9. The number of amides is 1. The van der Waals surface area contributed by atoms with Crippen LogP contribution in [-0.2, 0) is 4.74 Å². The van der Waals surface area contributed by atoms with Gasteiger partial charge in [0.2, 0.25) is 0 Å². The van der Waals surface area contributed by atoms with E-state index < -0.39 is 5.60 Å². The number of ether oxygens (including phenoxy) is 2. The zero-order valence-electron chi connectivity index (χ0n) is 13.1. The summed E-state index contributed by atoms with van der Waals surface area (Å²) in [5, 5.41) is 5.53. The van der Waals surface area contributed by atoms with Crippen LogP contribution in [0.3, 0.4) is 0 Å². The molecule has 1 unspecified atom stereocenters. The van der Waals surface area contributed by atoms with Gasteiger partial charge in [-0.3, -0.25) is 4.79 Å². The lowest BCUT2D eigenvalue weighted by Crippen LogP contribution is -2.56. The van der Waals surface area contributed by atoms with Crippen LogP contribution in [0.25, 0.3) is 0 Å². The molecule has 1 amide bonds. The zero-order chi connectivity index (χ0) is 16.3. The quantitative estimate of drug-likeness (QED) is 0.858. The van der Waals surface area contributed by atoms with Gasteiger partial charge in [-0.25, -0.2) is 0 Å². The fourth-order valence-electron chi connectivity index (χ4n) is 2.66. The van der Waals surface area contributed by atoms with Gasteiger partial charge in [-0.15, -0.1) is 5.10 Å². The molecule has 1 aromatic carbocycles. The molecular formula is C16H19N3O3S. The molecule has 6 nitrogen and oxygen atoms in total. The molecule has 1 aromatic heterocycles. The van der Waals surface area contributed by atoms with Gasteiger partial charge in [0.05, 0.1) is 12.1 Å². The molecule has 2 heterocycles. The average Bonchev–Trinajstić information content (AvgIpc) is 3.06. The molecule has 0 aliphatic carbocycles. The molecule has 1 aliphatic rings. The van der Waals surface area contributed by atoms with Gasteiger partial charge >= 0.3 is 0 Å². The number of nitrogens with zero attached hydrogens (tertiary/aromatic N) is 3. The van der Waals surface area contributed by atoms with Gasteiger partial charge in [0.15, 0.2) is 5.69 Å². The molecule has 0 bridgehead atoms. The Kier molecular flexibility index (Phi) is 4.58. The van der Waals surface area contributed by atoms with Gasteiger partial charge in [-0.05, 0) is 37.5 Å². The minimum absolute atomic E-state index is 0.111. The summed E-state index contributed by atoms with van der Waals surface area (Å²) in [6, 6.07) is 9.59. The Morgan fingerprint density at radius 2 is 2.22 bits per heavy atom. The third-order valence-electron chi connectivity index (χ3n) is 3.53. The van der Waals surface area contributed by atoms with E-state index in [-0.39, 0.29) is 12.0 Å². The van der Waals surface area contributed by atoms with E-state index in [1.54, 1.807) is 10.3 Å². The lowest BCUT2D eigenvalue weighted by Gasteiger charge is -2.42. The maximum Gasteiger partial charge on any atom is 0.275 e. The Bertz CT molecular complexity index is 646. The van der Waals surface area contributed by atoms with Gasteiger partial charge in [0.1, 0.15) is 18.5 Å². The third kappa shape index (κ3) is 4.05. The topological polar surface area (TPSA) is 64.6 Å². The molecule has 2 aromatic rings. The van der Waals surface area contributed by atoms with E-state index in [4.69, 9.17) is 9.47 Å². The third-order valence-corrected chi connectivity index (χ3v) is 4.03. The summed E-state index contributed by atoms with van der Waals surface area (Å²) in [6.45, 7) is 5.34. The smallest absolute Gasteiger partial charge is 0.275 e. The van der Waals surface area contributed by atoms with Crippen molar-refractivity contribution >= 4 is 17.4 Å². The van der Waals surface area contributed by atoms with E-state index in [2.05, 4.69) is 9.59 Å². The predicted octanol–water partition coefficient (Wildman–Crippen LogP) is 2.24. The van der Waals surface area contributed by atoms with E-state index in [0.29, 0.717) is 25.4 Å². The fraction of sp³-hybridized carbons (Fsp3) is 0.438. The van der Waals surface area contributed by atoms with Crippen molar-refractivity contribution in [2.75, 3.05) is 19.7 Å². The minimum Gasteiger partial charge on any atom is -0.491 e. The summed E-state index contributed by atoms with van der Waals surface area (Å²) < 4.78 is 15.6. The summed E-state index contributed by atoms with van der Waals surface area (Å²) in [4.78, 5) is 14.3. The first-order valence-corrected chi connectivity index (χ1v) is 8.29. The number of para-hydroxylation sites is 1. The van der Waals surface area contributed by atoms with Crippen LogP contribution in [0.4, 0.5) is 0 Å². The molecule has 122 valence electrons. The van der Waals surface area contributed by atoms with Gasteiger partial charge in [0.25, 0.3) is 5.91 Å². The Labute approximate surface area is 139 Å². The standard InChI is InChI=1S/C16H19N3O3S/c1-16(2)11-19(15(20)14-10-23-18-17-14)8-13(22-16)9-21-12-6-4-3-5-7-12/h3-7,10,13H,8-9,11H2,1-2H3. The highest BCUT2D eigenvalue weighted by Crippen LogP contribution is 2.23. The number of benzene rings is 1. The van der Waals surface area contributed by atoms with Crippen LogP contribution in [0.5, 0.6) is 5.75 Å². The number of morpholine rings is 1. The fourth-order valence-corrected chi connectivity index (χ4v) is 3.09. The summed E-state index contributed by atoms with van der Waals surface area (Å²) in [7, 11) is 0. The number of aromatic nitrogens is 2. The van der Waals surface area contributed by atoms with E-state index in [9.17, 15) is 4.79 Å². The first-order chi connectivity index (χ1) is 11.0. The van der Waals surface area contributed by atoms with Crippen molar-refractivity contribution in [3.05, 3.63) is 41.4 Å². The van der Waals surface area contributed by atoms with Crippen LogP contribution >= 0.6 is 11.5 Å². The largest absolute Gasteiger partial charge is 0.491 e. The maximum atomic E-state index is 12.5. The Balaban J connectivity index is 1.65.